The van der Waals surface area contributed by atoms with Gasteiger partial charge in [-0.15, -0.1) is 0 Å². The molecule has 164 valence electrons. The number of halogens is 1. The summed E-state index contributed by atoms with van der Waals surface area (Å²) in [4.78, 5) is 17.5. The van der Waals surface area contributed by atoms with Gasteiger partial charge < -0.3 is 4.74 Å². The molecule has 3 aromatic rings. The molecule has 0 bridgehead atoms. The van der Waals surface area contributed by atoms with Crippen LogP contribution < -0.4 is 4.74 Å². The van der Waals surface area contributed by atoms with Crippen molar-refractivity contribution < 1.29 is 9.53 Å². The molecule has 1 amide bonds. The minimum absolute atomic E-state index is 0.0790. The van der Waals surface area contributed by atoms with Crippen LogP contribution in [0.1, 0.15) is 29.2 Å². The monoisotopic (exact) mass is 517 g/mol. The maximum Gasteiger partial charge on any atom is 0.311 e. The highest BCUT2D eigenvalue weighted by Gasteiger charge is 2.36. The maximum atomic E-state index is 12.4. The minimum atomic E-state index is -0.231. The van der Waals surface area contributed by atoms with Crippen molar-refractivity contribution in [3.63, 3.8) is 0 Å². The molecule has 1 unspecified atom stereocenters. The number of rotatable bonds is 4. The minimum Gasteiger partial charge on any atom is -0.497 e. The number of hydrogen-bond donors (Lipinski definition) is 0. The third-order valence-electron chi connectivity index (χ3n) is 5.52. The molecular weight excluding hydrogens is 498 g/mol. The molecule has 0 fully saturated rings. The first-order valence-electron chi connectivity index (χ1n) is 10.4. The fourth-order valence-corrected chi connectivity index (χ4v) is 4.88. The Kier molecular flexibility index (Phi) is 6.15. The van der Waals surface area contributed by atoms with Crippen LogP contribution in [-0.2, 0) is 0 Å². The molecule has 5 rings (SSSR count). The number of benzene rings is 3. The second kappa shape index (κ2) is 9.37. The van der Waals surface area contributed by atoms with Gasteiger partial charge in [0.2, 0.25) is 0 Å². The van der Waals surface area contributed by atoms with Gasteiger partial charge in [-0.05, 0) is 58.8 Å². The summed E-state index contributed by atoms with van der Waals surface area (Å²) in [5, 5.41) is 6.62. The molecule has 0 aromatic heterocycles. The van der Waals surface area contributed by atoms with E-state index in [-0.39, 0.29) is 11.3 Å². The van der Waals surface area contributed by atoms with Crippen LogP contribution in [-0.4, -0.2) is 28.9 Å². The van der Waals surface area contributed by atoms with Crippen LogP contribution in [0.5, 0.6) is 5.75 Å². The van der Waals surface area contributed by atoms with E-state index >= 15 is 0 Å². The first kappa shape index (κ1) is 21.7. The summed E-state index contributed by atoms with van der Waals surface area (Å²) < 4.78 is 6.33. The summed E-state index contributed by atoms with van der Waals surface area (Å²) >= 11 is 4.60. The van der Waals surface area contributed by atoms with Gasteiger partial charge in [0.1, 0.15) is 5.75 Å². The van der Waals surface area contributed by atoms with Gasteiger partial charge in [-0.3, -0.25) is 4.79 Å². The number of carbonyl (C=O) groups is 1. The number of carbonyl (C=O) groups excluding carboxylic acids is 1. The highest BCUT2D eigenvalue weighted by molar-refractivity contribution is 9.10. The molecule has 0 saturated heterocycles. The Morgan fingerprint density at radius 1 is 1.03 bits per heavy atom. The number of amides is 1. The predicted octanol–water partition coefficient (Wildman–Crippen LogP) is 6.92. The maximum absolute atomic E-state index is 12.4. The second-order valence-electron chi connectivity index (χ2n) is 7.61. The van der Waals surface area contributed by atoms with Crippen molar-refractivity contribution in [3.05, 3.63) is 105 Å². The van der Waals surface area contributed by atoms with Crippen molar-refractivity contribution in [1.29, 1.82) is 0 Å². The van der Waals surface area contributed by atoms with Crippen molar-refractivity contribution in [3.8, 4) is 5.75 Å². The zero-order valence-corrected chi connectivity index (χ0v) is 20.2. The third-order valence-corrected chi connectivity index (χ3v) is 6.83. The van der Waals surface area contributed by atoms with Gasteiger partial charge in [0.15, 0.2) is 5.84 Å². The molecule has 3 aromatic carbocycles. The third kappa shape index (κ3) is 4.65. The van der Waals surface area contributed by atoms with E-state index in [9.17, 15) is 4.79 Å². The first-order valence-corrected chi connectivity index (χ1v) is 12.1. The summed E-state index contributed by atoms with van der Waals surface area (Å²) in [7, 11) is 1.66. The lowest BCUT2D eigenvalue weighted by Gasteiger charge is -2.24. The number of amidine groups is 1. The first-order chi connectivity index (χ1) is 16.1. The molecule has 2 aliphatic rings. The summed E-state index contributed by atoms with van der Waals surface area (Å²) in [5.74, 6) is 1.38. The molecule has 5 nitrogen and oxygen atoms in total. The fraction of sp³-hybridized carbons (Fsp3) is 0.115. The number of methoxy groups -OCH3 is 1. The van der Waals surface area contributed by atoms with E-state index < -0.39 is 0 Å². The second-order valence-corrected chi connectivity index (χ2v) is 9.52. The average Bonchev–Trinajstić information content (AvgIpc) is 3.44. The summed E-state index contributed by atoms with van der Waals surface area (Å²) in [5.41, 5.74) is 4.11. The Labute approximate surface area is 205 Å². The van der Waals surface area contributed by atoms with E-state index in [1.807, 2.05) is 77.8 Å². The lowest BCUT2D eigenvalue weighted by Crippen LogP contribution is -2.26. The van der Waals surface area contributed by atoms with Crippen molar-refractivity contribution >= 4 is 50.6 Å². The zero-order chi connectivity index (χ0) is 22.8. The molecule has 1 atom stereocenters. The van der Waals surface area contributed by atoms with Gasteiger partial charge >= 0.3 is 5.24 Å². The van der Waals surface area contributed by atoms with Crippen molar-refractivity contribution in [2.75, 3.05) is 7.11 Å². The van der Waals surface area contributed by atoms with Crippen LogP contribution in [0.4, 0.5) is 4.79 Å². The predicted molar refractivity (Wildman–Crippen MR) is 138 cm³/mol. The lowest BCUT2D eigenvalue weighted by atomic mass is 9.98. The quantitative estimate of drug-likeness (QED) is 0.377. The molecule has 0 aliphatic carbocycles. The number of ether oxygens (including phenoxy) is 1. The Bertz CT molecular complexity index is 1270. The topological polar surface area (TPSA) is 54.3 Å². The lowest BCUT2D eigenvalue weighted by molar-refractivity contribution is 0.267. The molecular formula is C26H20BrN3O2S. The van der Waals surface area contributed by atoms with E-state index in [0.717, 1.165) is 49.3 Å². The SMILES string of the molecule is COc1ccc(C2CC(c3ccccc3)=NN2C2=NC(=O)S/C2=C\c2ccc(Br)cc2)cc1. The highest BCUT2D eigenvalue weighted by Crippen LogP contribution is 2.39. The van der Waals surface area contributed by atoms with E-state index in [1.54, 1.807) is 7.11 Å². The van der Waals surface area contributed by atoms with E-state index in [1.165, 1.54) is 0 Å². The Morgan fingerprint density at radius 3 is 2.45 bits per heavy atom. The van der Waals surface area contributed by atoms with Crippen molar-refractivity contribution in [2.45, 2.75) is 12.5 Å². The number of aliphatic imine (C=N–C) groups is 1. The Morgan fingerprint density at radius 2 is 1.76 bits per heavy atom. The molecule has 0 N–H and O–H groups in total. The molecule has 33 heavy (non-hydrogen) atoms. The van der Waals surface area contributed by atoms with Crippen LogP contribution in [0.2, 0.25) is 0 Å². The summed E-state index contributed by atoms with van der Waals surface area (Å²) in [6, 6.07) is 26.0. The van der Waals surface area contributed by atoms with Gasteiger partial charge in [-0.2, -0.15) is 10.1 Å². The molecule has 2 aliphatic heterocycles. The van der Waals surface area contributed by atoms with Crippen molar-refractivity contribution in [1.82, 2.24) is 5.01 Å². The average molecular weight is 518 g/mol. The molecule has 0 saturated carbocycles. The van der Waals surface area contributed by atoms with Crippen molar-refractivity contribution in [2.24, 2.45) is 10.1 Å². The smallest absolute Gasteiger partial charge is 0.311 e. The molecule has 0 spiro atoms. The van der Waals surface area contributed by atoms with E-state index in [0.29, 0.717) is 12.3 Å². The van der Waals surface area contributed by atoms with Crippen LogP contribution in [0.3, 0.4) is 0 Å². The van der Waals surface area contributed by atoms with Crippen LogP contribution in [0, 0.1) is 0 Å². The van der Waals surface area contributed by atoms with Gasteiger partial charge in [0.05, 0.1) is 23.8 Å². The molecule has 2 heterocycles. The highest BCUT2D eigenvalue weighted by atomic mass is 79.9. The van der Waals surface area contributed by atoms with E-state index in [2.05, 4.69) is 33.1 Å². The number of hydrazone groups is 1. The number of thioether (sulfide) groups is 1. The number of nitrogens with zero attached hydrogens (tertiary/aromatic N) is 3. The van der Waals surface area contributed by atoms with Crippen LogP contribution >= 0.6 is 27.7 Å². The van der Waals surface area contributed by atoms with Gasteiger partial charge in [0, 0.05) is 10.9 Å². The molecule has 0 radical (unpaired) electrons. The molecule has 7 heteroatoms. The van der Waals surface area contributed by atoms with Gasteiger partial charge in [-0.25, -0.2) is 5.01 Å². The zero-order valence-electron chi connectivity index (χ0n) is 17.8. The van der Waals surface area contributed by atoms with Gasteiger partial charge in [0.25, 0.3) is 0 Å². The van der Waals surface area contributed by atoms with Gasteiger partial charge in [-0.1, -0.05) is 70.5 Å². The fourth-order valence-electron chi connectivity index (χ4n) is 3.87. The van der Waals surface area contributed by atoms with Crippen LogP contribution in [0.15, 0.2) is 98.3 Å². The normalized spacial score (nSPS) is 19.1. The Hall–Kier alpha value is -3.16. The largest absolute Gasteiger partial charge is 0.497 e. The Balaban J connectivity index is 1.55. The van der Waals surface area contributed by atoms with Crippen LogP contribution in [0.25, 0.3) is 6.08 Å². The summed E-state index contributed by atoms with van der Waals surface area (Å²) in [6.45, 7) is 0. The van der Waals surface area contributed by atoms with E-state index in [4.69, 9.17) is 9.84 Å². The summed E-state index contributed by atoms with van der Waals surface area (Å²) in [6.07, 6.45) is 2.70. The number of hydrogen-bond acceptors (Lipinski definition) is 5. The standard InChI is InChI=1S/C26H20BrN3O2S/c1-32-21-13-9-19(10-14-21)23-16-22(18-5-3-2-4-6-18)29-30(23)25-24(33-26(31)28-25)15-17-7-11-20(27)12-8-17/h2-15,23H,16H2,1H3/b24-15-.